The third kappa shape index (κ3) is 4.87. The molecule has 0 spiro atoms. The summed E-state index contributed by atoms with van der Waals surface area (Å²) >= 11 is 0. The topological polar surface area (TPSA) is 41.1 Å². The standard InChI is InChI=1S/C16H16F2N2O/c17-14-7-5-12(6-8-14)11-20-16(21)19-10-9-13-3-1-2-4-15(13)18/h1-8H,9-11H2,(H2,19,20,21). The van der Waals surface area contributed by atoms with Crippen molar-refractivity contribution in [2.24, 2.45) is 0 Å². The third-order valence-electron chi connectivity index (χ3n) is 3.00. The van der Waals surface area contributed by atoms with E-state index in [-0.39, 0.29) is 17.7 Å². The molecule has 0 atom stereocenters. The third-order valence-corrected chi connectivity index (χ3v) is 3.00. The minimum atomic E-state index is -0.337. The lowest BCUT2D eigenvalue weighted by Gasteiger charge is -2.08. The van der Waals surface area contributed by atoms with E-state index < -0.39 is 0 Å². The lowest BCUT2D eigenvalue weighted by molar-refractivity contribution is 0.240. The summed E-state index contributed by atoms with van der Waals surface area (Å²) in [4.78, 5) is 11.6. The van der Waals surface area contributed by atoms with Gasteiger partial charge in [-0.05, 0) is 35.7 Å². The molecule has 0 heterocycles. The Labute approximate surface area is 122 Å². The van der Waals surface area contributed by atoms with Crippen LogP contribution in [0, 0.1) is 11.6 Å². The Morgan fingerprint density at radius 3 is 2.38 bits per heavy atom. The van der Waals surface area contributed by atoms with Gasteiger partial charge in [-0.1, -0.05) is 30.3 Å². The summed E-state index contributed by atoms with van der Waals surface area (Å²) in [6.07, 6.45) is 0.427. The second-order valence-electron chi connectivity index (χ2n) is 4.58. The van der Waals surface area contributed by atoms with Gasteiger partial charge in [0.2, 0.25) is 0 Å². The lowest BCUT2D eigenvalue weighted by Crippen LogP contribution is -2.36. The van der Waals surface area contributed by atoms with Gasteiger partial charge >= 0.3 is 6.03 Å². The number of halogens is 2. The Hall–Kier alpha value is -2.43. The highest BCUT2D eigenvalue weighted by Gasteiger charge is 2.03. The molecule has 0 aliphatic rings. The molecule has 2 N–H and O–H groups in total. The summed E-state index contributed by atoms with van der Waals surface area (Å²) in [5.74, 6) is -0.584. The van der Waals surface area contributed by atoms with Crippen LogP contribution in [-0.4, -0.2) is 12.6 Å². The molecule has 0 fully saturated rings. The van der Waals surface area contributed by atoms with E-state index >= 15 is 0 Å². The second kappa shape index (κ2) is 7.38. The van der Waals surface area contributed by atoms with Crippen molar-refractivity contribution in [1.29, 1.82) is 0 Å². The fourth-order valence-corrected chi connectivity index (χ4v) is 1.86. The first-order valence-corrected chi connectivity index (χ1v) is 6.65. The Kier molecular flexibility index (Phi) is 5.26. The number of amides is 2. The number of hydrogen-bond donors (Lipinski definition) is 2. The summed E-state index contributed by atoms with van der Waals surface area (Å²) in [5, 5.41) is 5.30. The van der Waals surface area contributed by atoms with Gasteiger partial charge in [-0.25, -0.2) is 13.6 Å². The van der Waals surface area contributed by atoms with E-state index in [1.165, 1.54) is 18.2 Å². The molecule has 0 aromatic heterocycles. The average Bonchev–Trinajstić information content (AvgIpc) is 2.49. The first-order chi connectivity index (χ1) is 10.1. The molecule has 0 radical (unpaired) electrons. The number of urea groups is 1. The first-order valence-electron chi connectivity index (χ1n) is 6.65. The maximum atomic E-state index is 13.4. The Morgan fingerprint density at radius 2 is 1.67 bits per heavy atom. The molecule has 21 heavy (non-hydrogen) atoms. The number of rotatable bonds is 5. The van der Waals surface area contributed by atoms with E-state index in [0.717, 1.165) is 5.56 Å². The number of nitrogens with one attached hydrogen (secondary N) is 2. The van der Waals surface area contributed by atoms with Gasteiger partial charge in [0, 0.05) is 13.1 Å². The molecular formula is C16H16F2N2O. The summed E-state index contributed by atoms with van der Waals surface area (Å²) in [6.45, 7) is 0.655. The van der Waals surface area contributed by atoms with Crippen LogP contribution < -0.4 is 10.6 Å². The Balaban J connectivity index is 1.70. The average molecular weight is 290 g/mol. The predicted molar refractivity (Wildman–Crippen MR) is 76.7 cm³/mol. The zero-order chi connectivity index (χ0) is 15.1. The number of carbonyl (C=O) groups is 1. The highest BCUT2D eigenvalue weighted by atomic mass is 19.1. The Morgan fingerprint density at radius 1 is 0.952 bits per heavy atom. The van der Waals surface area contributed by atoms with Gasteiger partial charge < -0.3 is 10.6 Å². The normalized spacial score (nSPS) is 10.2. The fourth-order valence-electron chi connectivity index (χ4n) is 1.86. The van der Waals surface area contributed by atoms with Crippen molar-refractivity contribution in [3.63, 3.8) is 0 Å². The van der Waals surface area contributed by atoms with Crippen LogP contribution in [-0.2, 0) is 13.0 Å². The van der Waals surface area contributed by atoms with Crippen molar-refractivity contribution in [2.75, 3.05) is 6.54 Å². The first kappa shape index (κ1) is 15.0. The van der Waals surface area contributed by atoms with Crippen molar-refractivity contribution >= 4 is 6.03 Å². The molecule has 2 aromatic carbocycles. The van der Waals surface area contributed by atoms with Crippen LogP contribution in [0.2, 0.25) is 0 Å². The minimum Gasteiger partial charge on any atom is -0.338 e. The summed E-state index contributed by atoms with van der Waals surface area (Å²) in [7, 11) is 0. The van der Waals surface area contributed by atoms with E-state index in [1.807, 2.05) is 0 Å². The molecule has 2 rings (SSSR count). The number of carbonyl (C=O) groups excluding carboxylic acids is 1. The van der Waals surface area contributed by atoms with Crippen LogP contribution in [0.4, 0.5) is 13.6 Å². The van der Waals surface area contributed by atoms with E-state index in [1.54, 1.807) is 30.3 Å². The highest BCUT2D eigenvalue weighted by molar-refractivity contribution is 5.73. The highest BCUT2D eigenvalue weighted by Crippen LogP contribution is 2.06. The van der Waals surface area contributed by atoms with Crippen molar-refractivity contribution < 1.29 is 13.6 Å². The van der Waals surface area contributed by atoms with Crippen LogP contribution in [0.3, 0.4) is 0 Å². The molecule has 3 nitrogen and oxygen atoms in total. The maximum Gasteiger partial charge on any atom is 0.315 e. The van der Waals surface area contributed by atoms with Crippen LogP contribution in [0.15, 0.2) is 48.5 Å². The molecular weight excluding hydrogens is 274 g/mol. The number of hydrogen-bond acceptors (Lipinski definition) is 1. The zero-order valence-electron chi connectivity index (χ0n) is 11.4. The molecule has 110 valence electrons. The van der Waals surface area contributed by atoms with Crippen LogP contribution >= 0.6 is 0 Å². The fraction of sp³-hybridized carbons (Fsp3) is 0.188. The van der Waals surface area contributed by atoms with Crippen LogP contribution in [0.5, 0.6) is 0 Å². The van der Waals surface area contributed by atoms with Gasteiger partial charge in [0.15, 0.2) is 0 Å². The van der Waals surface area contributed by atoms with Crippen molar-refractivity contribution in [1.82, 2.24) is 10.6 Å². The SMILES string of the molecule is O=C(NCCc1ccccc1F)NCc1ccc(F)cc1. The van der Waals surface area contributed by atoms with E-state index in [4.69, 9.17) is 0 Å². The van der Waals surface area contributed by atoms with E-state index in [0.29, 0.717) is 25.1 Å². The predicted octanol–water partition coefficient (Wildman–Crippen LogP) is 3.01. The molecule has 2 amide bonds. The molecule has 0 saturated carbocycles. The van der Waals surface area contributed by atoms with Crippen molar-refractivity contribution in [2.45, 2.75) is 13.0 Å². The molecule has 2 aromatic rings. The van der Waals surface area contributed by atoms with Crippen molar-refractivity contribution in [3.05, 3.63) is 71.3 Å². The molecule has 0 saturated heterocycles. The van der Waals surface area contributed by atoms with Crippen LogP contribution in [0.1, 0.15) is 11.1 Å². The zero-order valence-corrected chi connectivity index (χ0v) is 11.4. The molecule has 5 heteroatoms. The molecule has 0 aliphatic carbocycles. The van der Waals surface area contributed by atoms with Gasteiger partial charge in [-0.15, -0.1) is 0 Å². The minimum absolute atomic E-state index is 0.272. The van der Waals surface area contributed by atoms with Crippen LogP contribution in [0.25, 0.3) is 0 Å². The monoisotopic (exact) mass is 290 g/mol. The Bertz CT molecular complexity index is 599. The summed E-state index contributed by atoms with van der Waals surface area (Å²) in [6, 6.07) is 12.0. The van der Waals surface area contributed by atoms with Gasteiger partial charge in [-0.2, -0.15) is 0 Å². The quantitative estimate of drug-likeness (QED) is 0.873. The van der Waals surface area contributed by atoms with Gasteiger partial charge in [-0.3, -0.25) is 0 Å². The van der Waals surface area contributed by atoms with E-state index in [2.05, 4.69) is 10.6 Å². The van der Waals surface area contributed by atoms with Gasteiger partial charge in [0.1, 0.15) is 11.6 Å². The van der Waals surface area contributed by atoms with Gasteiger partial charge in [0.05, 0.1) is 0 Å². The lowest BCUT2D eigenvalue weighted by atomic mass is 10.1. The maximum absolute atomic E-state index is 13.4. The second-order valence-corrected chi connectivity index (χ2v) is 4.58. The van der Waals surface area contributed by atoms with Gasteiger partial charge in [0.25, 0.3) is 0 Å². The van der Waals surface area contributed by atoms with Crippen molar-refractivity contribution in [3.8, 4) is 0 Å². The summed E-state index contributed by atoms with van der Waals surface area (Å²) < 4.78 is 26.1. The molecule has 0 aliphatic heterocycles. The molecule has 0 bridgehead atoms. The van der Waals surface area contributed by atoms with E-state index in [9.17, 15) is 13.6 Å². The smallest absolute Gasteiger partial charge is 0.315 e. The number of benzene rings is 2. The largest absolute Gasteiger partial charge is 0.338 e. The molecule has 0 unspecified atom stereocenters. The summed E-state index contributed by atoms with van der Waals surface area (Å²) in [5.41, 5.74) is 1.37.